The van der Waals surface area contributed by atoms with Gasteiger partial charge in [0.15, 0.2) is 5.03 Å². The quantitative estimate of drug-likeness (QED) is 0.792. The van der Waals surface area contributed by atoms with E-state index in [0.717, 1.165) is 12.5 Å². The minimum atomic E-state index is -4.21. The number of hydrogen-bond donors (Lipinski definition) is 0. The first-order valence-corrected chi connectivity index (χ1v) is 6.52. The predicted octanol–water partition coefficient (Wildman–Crippen LogP) is 2.15. The van der Waals surface area contributed by atoms with Crippen LogP contribution < -0.4 is 0 Å². The summed E-state index contributed by atoms with van der Waals surface area (Å²) in [7, 11) is 1.08. The van der Waals surface area contributed by atoms with Crippen LogP contribution in [-0.4, -0.2) is 24.1 Å². The third kappa shape index (κ3) is 4.40. The van der Waals surface area contributed by atoms with Gasteiger partial charge in [-0.25, -0.2) is 13.4 Å². The van der Waals surface area contributed by atoms with Crippen molar-refractivity contribution in [3.8, 4) is 0 Å². The van der Waals surface area contributed by atoms with E-state index in [1.165, 1.54) is 4.57 Å². The minimum absolute atomic E-state index is 0.0406. The lowest BCUT2D eigenvalue weighted by molar-refractivity contribution is -0.135. The van der Waals surface area contributed by atoms with E-state index in [4.69, 9.17) is 10.7 Å². The number of aryl methyl sites for hydroxylation is 1. The Hall–Kier alpha value is -0.760. The van der Waals surface area contributed by atoms with Gasteiger partial charge in [-0.15, -0.1) is 0 Å². The second-order valence-electron chi connectivity index (χ2n) is 3.11. The van der Waals surface area contributed by atoms with E-state index in [2.05, 4.69) is 4.98 Å². The molecule has 1 rings (SSSR count). The Balaban J connectivity index is 2.54. The first-order chi connectivity index (χ1) is 7.18. The second-order valence-corrected chi connectivity index (χ2v) is 5.62. The highest BCUT2D eigenvalue weighted by Gasteiger charge is 2.26. The maximum absolute atomic E-state index is 11.8. The van der Waals surface area contributed by atoms with Crippen molar-refractivity contribution in [3.05, 3.63) is 12.5 Å². The normalized spacial score (nSPS) is 13.0. The molecule has 0 aliphatic heterocycles. The molecule has 0 unspecified atom stereocenters. The van der Waals surface area contributed by atoms with Crippen LogP contribution in [-0.2, 0) is 15.6 Å². The molecule has 0 aromatic carbocycles. The molecular formula is C7H8ClF3N2O2S. The van der Waals surface area contributed by atoms with Crippen molar-refractivity contribution in [2.24, 2.45) is 0 Å². The molecule has 0 saturated heterocycles. The highest BCUT2D eigenvalue weighted by molar-refractivity contribution is 8.13. The van der Waals surface area contributed by atoms with E-state index < -0.39 is 21.6 Å². The topological polar surface area (TPSA) is 52.0 Å². The zero-order chi connectivity index (χ0) is 12.4. The lowest BCUT2D eigenvalue weighted by Gasteiger charge is -2.05. The molecule has 0 N–H and O–H groups in total. The van der Waals surface area contributed by atoms with Crippen molar-refractivity contribution in [2.75, 3.05) is 0 Å². The van der Waals surface area contributed by atoms with Crippen LogP contribution in [0.5, 0.6) is 0 Å². The van der Waals surface area contributed by atoms with E-state index in [0.29, 0.717) is 0 Å². The van der Waals surface area contributed by atoms with E-state index in [1.54, 1.807) is 0 Å². The van der Waals surface area contributed by atoms with Gasteiger partial charge in [0.05, 0.1) is 6.33 Å². The first kappa shape index (κ1) is 13.3. The SMILES string of the molecule is O=S(=O)(Cl)c1cn(CCCC(F)(F)F)cn1. The number of nitrogens with zero attached hydrogens (tertiary/aromatic N) is 2. The molecule has 92 valence electrons. The van der Waals surface area contributed by atoms with Crippen LogP contribution in [0.2, 0.25) is 0 Å². The fourth-order valence-corrected chi connectivity index (χ4v) is 1.72. The van der Waals surface area contributed by atoms with Crippen molar-refractivity contribution in [1.82, 2.24) is 9.55 Å². The molecule has 0 fully saturated rings. The van der Waals surface area contributed by atoms with Gasteiger partial charge in [-0.2, -0.15) is 13.2 Å². The van der Waals surface area contributed by atoms with Crippen LogP contribution >= 0.6 is 10.7 Å². The summed E-state index contributed by atoms with van der Waals surface area (Å²) >= 11 is 0. The maximum Gasteiger partial charge on any atom is 0.389 e. The van der Waals surface area contributed by atoms with Crippen LogP contribution in [0.15, 0.2) is 17.6 Å². The van der Waals surface area contributed by atoms with Gasteiger partial charge in [0, 0.05) is 29.8 Å². The van der Waals surface area contributed by atoms with Gasteiger partial charge < -0.3 is 4.57 Å². The summed E-state index contributed by atoms with van der Waals surface area (Å²) in [5.41, 5.74) is 0. The summed E-state index contributed by atoms with van der Waals surface area (Å²) in [4.78, 5) is 3.46. The number of aromatic nitrogens is 2. The number of halogens is 4. The van der Waals surface area contributed by atoms with Crippen LogP contribution in [0.1, 0.15) is 12.8 Å². The molecule has 1 aromatic heterocycles. The van der Waals surface area contributed by atoms with Gasteiger partial charge in [0.25, 0.3) is 9.05 Å². The third-order valence-corrected chi connectivity index (χ3v) is 2.92. The maximum atomic E-state index is 11.8. The zero-order valence-corrected chi connectivity index (χ0v) is 9.48. The second kappa shape index (κ2) is 4.62. The molecule has 0 atom stereocenters. The number of rotatable bonds is 4. The average molecular weight is 277 g/mol. The van der Waals surface area contributed by atoms with Gasteiger partial charge in [-0.1, -0.05) is 0 Å². The largest absolute Gasteiger partial charge is 0.389 e. The highest BCUT2D eigenvalue weighted by atomic mass is 35.7. The van der Waals surface area contributed by atoms with Crippen LogP contribution in [0.25, 0.3) is 0 Å². The number of hydrogen-bond acceptors (Lipinski definition) is 3. The Kier molecular flexibility index (Phi) is 3.84. The van der Waals surface area contributed by atoms with Crippen LogP contribution in [0, 0.1) is 0 Å². The molecule has 0 bridgehead atoms. The molecule has 1 aromatic rings. The third-order valence-electron chi connectivity index (χ3n) is 1.74. The van der Waals surface area contributed by atoms with Gasteiger partial charge >= 0.3 is 6.18 Å². The van der Waals surface area contributed by atoms with Gasteiger partial charge in [-0.3, -0.25) is 0 Å². The molecular weight excluding hydrogens is 269 g/mol. The molecule has 16 heavy (non-hydrogen) atoms. The minimum Gasteiger partial charge on any atom is -0.336 e. The zero-order valence-electron chi connectivity index (χ0n) is 7.91. The van der Waals surface area contributed by atoms with Gasteiger partial charge in [0.1, 0.15) is 0 Å². The van der Waals surface area contributed by atoms with Crippen LogP contribution in [0.4, 0.5) is 13.2 Å². The predicted molar refractivity (Wildman–Crippen MR) is 50.6 cm³/mol. The Labute approximate surface area is 94.5 Å². The van der Waals surface area contributed by atoms with Crippen molar-refractivity contribution in [2.45, 2.75) is 30.6 Å². The molecule has 0 radical (unpaired) electrons. The fraction of sp³-hybridized carbons (Fsp3) is 0.571. The average Bonchev–Trinajstić information content (AvgIpc) is 2.49. The molecule has 0 aliphatic carbocycles. The molecule has 0 saturated carbocycles. The Morgan fingerprint density at radius 2 is 2.06 bits per heavy atom. The highest BCUT2D eigenvalue weighted by Crippen LogP contribution is 2.21. The summed E-state index contributed by atoms with van der Waals surface area (Å²) < 4.78 is 58.3. The van der Waals surface area contributed by atoms with Gasteiger partial charge in [-0.05, 0) is 6.42 Å². The lowest BCUT2D eigenvalue weighted by atomic mass is 10.3. The van der Waals surface area contributed by atoms with Crippen molar-refractivity contribution in [1.29, 1.82) is 0 Å². The number of imidazole rings is 1. The van der Waals surface area contributed by atoms with Crippen molar-refractivity contribution in [3.63, 3.8) is 0 Å². The van der Waals surface area contributed by atoms with Gasteiger partial charge in [0.2, 0.25) is 0 Å². The molecule has 0 amide bonds. The molecule has 4 nitrogen and oxygen atoms in total. The van der Waals surface area contributed by atoms with E-state index in [9.17, 15) is 21.6 Å². The molecule has 9 heteroatoms. The smallest absolute Gasteiger partial charge is 0.336 e. The van der Waals surface area contributed by atoms with E-state index >= 15 is 0 Å². The molecule has 1 heterocycles. The Morgan fingerprint density at radius 3 is 2.50 bits per heavy atom. The standard InChI is InChI=1S/C7H8ClF3N2O2S/c8-16(14,15)6-4-13(5-12-6)3-1-2-7(9,10)11/h4-5H,1-3H2. The fourth-order valence-electron chi connectivity index (χ4n) is 1.05. The first-order valence-electron chi connectivity index (χ1n) is 4.22. The summed E-state index contributed by atoms with van der Waals surface area (Å²) in [5, 5.41) is -0.360. The summed E-state index contributed by atoms with van der Waals surface area (Å²) in [6, 6.07) is 0. The molecule has 0 aliphatic rings. The lowest BCUT2D eigenvalue weighted by Crippen LogP contribution is -2.08. The molecule has 0 spiro atoms. The van der Waals surface area contributed by atoms with E-state index in [1.807, 2.05) is 0 Å². The Bertz CT molecular complexity index is 454. The summed E-state index contributed by atoms with van der Waals surface area (Å²) in [5.74, 6) is 0. The van der Waals surface area contributed by atoms with Crippen molar-refractivity contribution < 1.29 is 21.6 Å². The summed E-state index contributed by atoms with van der Waals surface area (Å²) in [6.45, 7) is 0.0406. The monoisotopic (exact) mass is 276 g/mol. The number of alkyl halides is 3. The summed E-state index contributed by atoms with van der Waals surface area (Å²) in [6.07, 6.45) is -3.04. The van der Waals surface area contributed by atoms with E-state index in [-0.39, 0.29) is 18.0 Å². The Morgan fingerprint density at radius 1 is 1.44 bits per heavy atom. The van der Waals surface area contributed by atoms with Crippen molar-refractivity contribution >= 4 is 19.7 Å². The van der Waals surface area contributed by atoms with Crippen LogP contribution in [0.3, 0.4) is 0 Å².